The molecule has 0 bridgehead atoms. The summed E-state index contributed by atoms with van der Waals surface area (Å²) >= 11 is 0. The van der Waals surface area contributed by atoms with Gasteiger partial charge in [0.25, 0.3) is 0 Å². The predicted octanol–water partition coefficient (Wildman–Crippen LogP) is 2.22. The van der Waals surface area contributed by atoms with E-state index in [1.165, 1.54) is 22.5 Å². The van der Waals surface area contributed by atoms with Crippen LogP contribution in [0.5, 0.6) is 0 Å². The van der Waals surface area contributed by atoms with Crippen molar-refractivity contribution >= 4 is 10.0 Å². The number of hydrogen-bond donors (Lipinski definition) is 1. The standard InChI is InChI=1S/C14H19F3N2O2S/c1-18-12-6-8-19(9-7-12)22(20,21)10-11-4-2-3-5-13(11)14(15,16)17/h2-5,12,18H,6-10H2,1H3. The van der Waals surface area contributed by atoms with Crippen molar-refractivity contribution in [1.29, 1.82) is 0 Å². The van der Waals surface area contributed by atoms with Gasteiger partial charge in [0.15, 0.2) is 0 Å². The third kappa shape index (κ3) is 3.99. The fourth-order valence-electron chi connectivity index (χ4n) is 2.63. The van der Waals surface area contributed by atoms with Gasteiger partial charge in [-0.05, 0) is 31.5 Å². The number of alkyl halides is 3. The molecule has 0 spiro atoms. The fourth-order valence-corrected chi connectivity index (χ4v) is 4.23. The topological polar surface area (TPSA) is 49.4 Å². The van der Waals surface area contributed by atoms with Crippen molar-refractivity contribution in [2.45, 2.75) is 30.8 Å². The van der Waals surface area contributed by atoms with Gasteiger partial charge >= 0.3 is 6.18 Å². The highest BCUT2D eigenvalue weighted by atomic mass is 32.2. The van der Waals surface area contributed by atoms with Crippen molar-refractivity contribution in [3.05, 3.63) is 35.4 Å². The van der Waals surface area contributed by atoms with Gasteiger partial charge in [-0.25, -0.2) is 12.7 Å². The van der Waals surface area contributed by atoms with E-state index in [0.717, 1.165) is 6.07 Å². The first kappa shape index (κ1) is 17.2. The molecule has 22 heavy (non-hydrogen) atoms. The zero-order chi connectivity index (χ0) is 16.4. The molecule has 4 nitrogen and oxygen atoms in total. The normalized spacial score (nSPS) is 18.5. The molecule has 0 radical (unpaired) electrons. The summed E-state index contributed by atoms with van der Waals surface area (Å²) in [5, 5.41) is 3.08. The lowest BCUT2D eigenvalue weighted by molar-refractivity contribution is -0.138. The number of piperidine rings is 1. The maximum absolute atomic E-state index is 12.9. The molecule has 0 aromatic heterocycles. The number of sulfonamides is 1. The van der Waals surface area contributed by atoms with E-state index in [4.69, 9.17) is 0 Å². The molecule has 1 aliphatic heterocycles. The summed E-state index contributed by atoms with van der Waals surface area (Å²) in [6.07, 6.45) is -3.22. The Bertz CT molecular complexity index is 609. The summed E-state index contributed by atoms with van der Waals surface area (Å²) in [5.41, 5.74) is -1.09. The van der Waals surface area contributed by atoms with Gasteiger partial charge < -0.3 is 5.32 Å². The highest BCUT2D eigenvalue weighted by molar-refractivity contribution is 7.88. The molecule has 124 valence electrons. The van der Waals surface area contributed by atoms with Crippen molar-refractivity contribution in [3.63, 3.8) is 0 Å². The van der Waals surface area contributed by atoms with Crippen molar-refractivity contribution < 1.29 is 21.6 Å². The van der Waals surface area contributed by atoms with Gasteiger partial charge in [0, 0.05) is 19.1 Å². The Morgan fingerprint density at radius 3 is 2.36 bits per heavy atom. The van der Waals surface area contributed by atoms with E-state index in [1.54, 1.807) is 0 Å². The molecular weight excluding hydrogens is 317 g/mol. The van der Waals surface area contributed by atoms with Crippen LogP contribution in [0.1, 0.15) is 24.0 Å². The van der Waals surface area contributed by atoms with Gasteiger partial charge in [-0.15, -0.1) is 0 Å². The third-order valence-electron chi connectivity index (χ3n) is 3.92. The van der Waals surface area contributed by atoms with Gasteiger partial charge in [0.2, 0.25) is 10.0 Å². The number of rotatable bonds is 4. The lowest BCUT2D eigenvalue weighted by Crippen LogP contribution is -2.44. The number of halogens is 3. The van der Waals surface area contributed by atoms with Gasteiger partial charge in [0.05, 0.1) is 11.3 Å². The minimum Gasteiger partial charge on any atom is -0.317 e. The number of nitrogens with one attached hydrogen (secondary N) is 1. The smallest absolute Gasteiger partial charge is 0.317 e. The summed E-state index contributed by atoms with van der Waals surface area (Å²) in [6.45, 7) is 0.671. The second-order valence-corrected chi connectivity index (χ2v) is 7.34. The van der Waals surface area contributed by atoms with Crippen LogP contribution in [0.25, 0.3) is 0 Å². The van der Waals surface area contributed by atoms with Crippen LogP contribution >= 0.6 is 0 Å². The summed E-state index contributed by atoms with van der Waals surface area (Å²) < 4.78 is 64.9. The molecule has 1 aliphatic rings. The Hall–Kier alpha value is -1.12. The van der Waals surface area contributed by atoms with Crippen molar-refractivity contribution in [2.75, 3.05) is 20.1 Å². The average molecular weight is 336 g/mol. The minimum atomic E-state index is -4.55. The minimum absolute atomic E-state index is 0.203. The number of hydrogen-bond acceptors (Lipinski definition) is 3. The highest BCUT2D eigenvalue weighted by Gasteiger charge is 2.35. The molecule has 2 rings (SSSR count). The van der Waals surface area contributed by atoms with E-state index in [-0.39, 0.29) is 11.6 Å². The third-order valence-corrected chi connectivity index (χ3v) is 5.74. The molecule has 0 atom stereocenters. The van der Waals surface area contributed by atoms with E-state index < -0.39 is 27.5 Å². The van der Waals surface area contributed by atoms with Crippen LogP contribution in [-0.4, -0.2) is 38.9 Å². The Labute approximate surface area is 128 Å². The second kappa shape index (κ2) is 6.55. The first-order valence-electron chi connectivity index (χ1n) is 7.04. The molecule has 0 saturated carbocycles. The SMILES string of the molecule is CNC1CCN(S(=O)(=O)Cc2ccccc2C(F)(F)F)CC1. The van der Waals surface area contributed by atoms with Crippen LogP contribution in [0.2, 0.25) is 0 Å². The Morgan fingerprint density at radius 2 is 1.82 bits per heavy atom. The lowest BCUT2D eigenvalue weighted by atomic mass is 10.1. The maximum Gasteiger partial charge on any atom is 0.416 e. The fraction of sp³-hybridized carbons (Fsp3) is 0.571. The molecule has 1 fully saturated rings. The molecule has 1 saturated heterocycles. The molecule has 0 unspecified atom stereocenters. The van der Waals surface area contributed by atoms with Crippen LogP contribution in [0, 0.1) is 0 Å². The maximum atomic E-state index is 12.9. The zero-order valence-corrected chi connectivity index (χ0v) is 13.0. The first-order chi connectivity index (χ1) is 10.2. The summed E-state index contributed by atoms with van der Waals surface area (Å²) in [5.74, 6) is -0.618. The van der Waals surface area contributed by atoms with Gasteiger partial charge in [-0.1, -0.05) is 18.2 Å². The quantitative estimate of drug-likeness (QED) is 0.917. The van der Waals surface area contributed by atoms with Crippen LogP contribution in [0.3, 0.4) is 0 Å². The van der Waals surface area contributed by atoms with E-state index in [9.17, 15) is 21.6 Å². The summed E-state index contributed by atoms with van der Waals surface area (Å²) in [6, 6.07) is 5.08. The molecule has 0 aliphatic carbocycles. The highest BCUT2D eigenvalue weighted by Crippen LogP contribution is 2.33. The van der Waals surface area contributed by atoms with Gasteiger partial charge in [-0.3, -0.25) is 0 Å². The monoisotopic (exact) mass is 336 g/mol. The molecule has 1 aromatic rings. The zero-order valence-electron chi connectivity index (χ0n) is 12.2. The largest absolute Gasteiger partial charge is 0.416 e. The van der Waals surface area contributed by atoms with Crippen LogP contribution in [-0.2, 0) is 22.0 Å². The van der Waals surface area contributed by atoms with Crippen LogP contribution < -0.4 is 5.32 Å². The van der Waals surface area contributed by atoms with Crippen LogP contribution in [0.15, 0.2) is 24.3 Å². The Morgan fingerprint density at radius 1 is 1.23 bits per heavy atom. The summed E-state index contributed by atoms with van der Waals surface area (Å²) in [4.78, 5) is 0. The average Bonchev–Trinajstić information content (AvgIpc) is 2.46. The van der Waals surface area contributed by atoms with E-state index >= 15 is 0 Å². The summed E-state index contributed by atoms with van der Waals surface area (Å²) in [7, 11) is -1.93. The first-order valence-corrected chi connectivity index (χ1v) is 8.65. The molecule has 0 amide bonds. The van der Waals surface area contributed by atoms with Crippen molar-refractivity contribution in [1.82, 2.24) is 9.62 Å². The number of nitrogens with zero attached hydrogens (tertiary/aromatic N) is 1. The molecule has 1 N–H and O–H groups in total. The van der Waals surface area contributed by atoms with E-state index in [2.05, 4.69) is 5.32 Å². The molecule has 8 heteroatoms. The van der Waals surface area contributed by atoms with Crippen molar-refractivity contribution in [2.24, 2.45) is 0 Å². The van der Waals surface area contributed by atoms with Crippen LogP contribution in [0.4, 0.5) is 13.2 Å². The Balaban J connectivity index is 2.17. The lowest BCUT2D eigenvalue weighted by Gasteiger charge is -2.31. The van der Waals surface area contributed by atoms with E-state index in [1.807, 2.05) is 7.05 Å². The van der Waals surface area contributed by atoms with Gasteiger partial charge in [-0.2, -0.15) is 13.2 Å². The molecular formula is C14H19F3N2O2S. The second-order valence-electron chi connectivity index (χ2n) is 5.37. The van der Waals surface area contributed by atoms with Crippen molar-refractivity contribution in [3.8, 4) is 0 Å². The molecule has 1 aromatic carbocycles. The molecule has 1 heterocycles. The Kier molecular flexibility index (Phi) is 5.14. The number of benzene rings is 1. The van der Waals surface area contributed by atoms with E-state index in [0.29, 0.717) is 25.9 Å². The predicted molar refractivity (Wildman–Crippen MR) is 77.7 cm³/mol. The van der Waals surface area contributed by atoms with Gasteiger partial charge in [0.1, 0.15) is 0 Å².